The molecule has 5 heteroatoms. The number of nitrogens with one attached hydrogen (secondary N) is 1. The minimum Gasteiger partial charge on any atom is -0.316 e. The maximum atomic E-state index is 12.8. The summed E-state index contributed by atoms with van der Waals surface area (Å²) in [4.78, 5) is 14.8. The molecule has 3 nitrogen and oxygen atoms in total. The monoisotopic (exact) mass is 314 g/mol. The summed E-state index contributed by atoms with van der Waals surface area (Å²) in [5, 5.41) is 4.10. The van der Waals surface area contributed by atoms with E-state index in [2.05, 4.69) is 5.32 Å². The second-order valence-corrected chi connectivity index (χ2v) is 6.03. The molecule has 1 spiro atoms. The molecule has 2 heterocycles. The van der Waals surface area contributed by atoms with E-state index in [1.165, 1.54) is 0 Å². The molecule has 110 valence electrons. The van der Waals surface area contributed by atoms with Crippen LogP contribution in [0.4, 0.5) is 5.69 Å². The minimum absolute atomic E-state index is 0. The number of carbonyl (C=O) groups is 1. The van der Waals surface area contributed by atoms with Crippen molar-refractivity contribution in [1.82, 2.24) is 5.32 Å². The van der Waals surface area contributed by atoms with Gasteiger partial charge in [-0.25, -0.2) is 0 Å². The lowest BCUT2D eigenvalue weighted by Crippen LogP contribution is -2.55. The third kappa shape index (κ3) is 2.80. The molecule has 1 unspecified atom stereocenters. The fourth-order valence-corrected chi connectivity index (χ4v) is 3.43. The zero-order chi connectivity index (χ0) is 13.3. The molecule has 2 fully saturated rings. The van der Waals surface area contributed by atoms with Crippen LogP contribution in [0.25, 0.3) is 0 Å². The smallest absolute Gasteiger partial charge is 0.234 e. The van der Waals surface area contributed by atoms with Crippen LogP contribution in [0.2, 0.25) is 5.02 Å². The average molecular weight is 315 g/mol. The molecule has 0 aromatic heterocycles. The Morgan fingerprint density at radius 1 is 1.15 bits per heavy atom. The van der Waals surface area contributed by atoms with Gasteiger partial charge in [-0.15, -0.1) is 12.4 Å². The first kappa shape index (κ1) is 15.6. The summed E-state index contributed by atoms with van der Waals surface area (Å²) in [6.45, 7) is 2.69. The van der Waals surface area contributed by atoms with E-state index in [1.54, 1.807) is 0 Å². The van der Waals surface area contributed by atoms with E-state index >= 15 is 0 Å². The molecule has 2 aliphatic rings. The first-order valence-corrected chi connectivity index (χ1v) is 7.37. The molecule has 1 atom stereocenters. The van der Waals surface area contributed by atoms with Crippen LogP contribution in [-0.2, 0) is 4.79 Å². The molecule has 1 amide bonds. The number of benzene rings is 1. The van der Waals surface area contributed by atoms with Crippen LogP contribution in [0.1, 0.15) is 25.7 Å². The molecule has 3 rings (SSSR count). The molecule has 1 aromatic rings. The van der Waals surface area contributed by atoms with Crippen molar-refractivity contribution < 1.29 is 4.79 Å². The Balaban J connectivity index is 0.00000147. The maximum absolute atomic E-state index is 12.8. The molecule has 1 N–H and O–H groups in total. The van der Waals surface area contributed by atoms with Crippen LogP contribution < -0.4 is 10.2 Å². The fraction of sp³-hybridized carbons (Fsp3) is 0.533. The number of anilines is 1. The van der Waals surface area contributed by atoms with Gasteiger partial charge in [-0.3, -0.25) is 4.79 Å². The normalized spacial score (nSPS) is 26.4. The predicted molar refractivity (Wildman–Crippen MR) is 84.8 cm³/mol. The van der Waals surface area contributed by atoms with Gasteiger partial charge < -0.3 is 10.2 Å². The van der Waals surface area contributed by atoms with Crippen LogP contribution in [-0.4, -0.2) is 25.5 Å². The average Bonchev–Trinajstić information content (AvgIpc) is 2.44. The molecule has 2 saturated heterocycles. The van der Waals surface area contributed by atoms with Gasteiger partial charge in [0, 0.05) is 23.8 Å². The fourth-order valence-electron chi connectivity index (χ4n) is 3.30. The number of hydrogen-bond acceptors (Lipinski definition) is 2. The Morgan fingerprint density at radius 3 is 2.50 bits per heavy atom. The van der Waals surface area contributed by atoms with Crippen molar-refractivity contribution >= 4 is 35.6 Å². The third-order valence-electron chi connectivity index (χ3n) is 4.35. The summed E-state index contributed by atoms with van der Waals surface area (Å²) in [5.74, 6) is 0.285. The first-order chi connectivity index (χ1) is 9.21. The molecule has 0 bridgehead atoms. The summed E-state index contributed by atoms with van der Waals surface area (Å²) < 4.78 is 0. The first-order valence-electron chi connectivity index (χ1n) is 7.00. The highest BCUT2D eigenvalue weighted by atomic mass is 35.5. The summed E-state index contributed by atoms with van der Waals surface area (Å²) in [6.07, 6.45) is 4.21. The van der Waals surface area contributed by atoms with Crippen LogP contribution >= 0.6 is 24.0 Å². The second kappa shape index (κ2) is 6.33. The standard InChI is InChI=1S/C15H19ClN2O.ClH/c16-12-3-5-13(6-4-12)18-10-2-8-15(14(18)19)7-1-9-17-11-15;/h3-6,17H,1-2,7-11H2;1H. The van der Waals surface area contributed by atoms with Crippen LogP contribution in [0, 0.1) is 5.41 Å². The Bertz CT molecular complexity index is 464. The zero-order valence-corrected chi connectivity index (χ0v) is 13.0. The Morgan fingerprint density at radius 2 is 1.85 bits per heavy atom. The summed E-state index contributed by atoms with van der Waals surface area (Å²) in [5.41, 5.74) is 0.801. The van der Waals surface area contributed by atoms with Gasteiger partial charge in [0.25, 0.3) is 0 Å². The van der Waals surface area contributed by atoms with E-state index in [1.807, 2.05) is 29.2 Å². The van der Waals surface area contributed by atoms with E-state index in [-0.39, 0.29) is 23.7 Å². The van der Waals surface area contributed by atoms with Gasteiger partial charge in [0.2, 0.25) is 5.91 Å². The van der Waals surface area contributed by atoms with Crippen molar-refractivity contribution in [1.29, 1.82) is 0 Å². The van der Waals surface area contributed by atoms with Gasteiger partial charge in [0.05, 0.1) is 5.41 Å². The van der Waals surface area contributed by atoms with Gasteiger partial charge in [-0.2, -0.15) is 0 Å². The molecule has 0 saturated carbocycles. The number of piperidine rings is 2. The van der Waals surface area contributed by atoms with Crippen LogP contribution in [0.5, 0.6) is 0 Å². The lowest BCUT2D eigenvalue weighted by molar-refractivity contribution is -0.131. The van der Waals surface area contributed by atoms with E-state index in [0.29, 0.717) is 5.02 Å². The Labute approximate surface area is 131 Å². The third-order valence-corrected chi connectivity index (χ3v) is 4.60. The van der Waals surface area contributed by atoms with Crippen molar-refractivity contribution in [2.75, 3.05) is 24.5 Å². The van der Waals surface area contributed by atoms with Gasteiger partial charge in [0.15, 0.2) is 0 Å². The molecule has 20 heavy (non-hydrogen) atoms. The van der Waals surface area contributed by atoms with Crippen molar-refractivity contribution in [3.63, 3.8) is 0 Å². The van der Waals surface area contributed by atoms with Crippen molar-refractivity contribution in [2.24, 2.45) is 5.41 Å². The molecule has 2 aliphatic heterocycles. The van der Waals surface area contributed by atoms with Crippen molar-refractivity contribution in [2.45, 2.75) is 25.7 Å². The molecular formula is C15H20Cl2N2O. The van der Waals surface area contributed by atoms with Crippen molar-refractivity contribution in [3.8, 4) is 0 Å². The summed E-state index contributed by atoms with van der Waals surface area (Å²) in [7, 11) is 0. The summed E-state index contributed by atoms with van der Waals surface area (Å²) >= 11 is 5.92. The maximum Gasteiger partial charge on any atom is 0.234 e. The van der Waals surface area contributed by atoms with Crippen molar-refractivity contribution in [3.05, 3.63) is 29.3 Å². The molecule has 0 radical (unpaired) electrons. The zero-order valence-electron chi connectivity index (χ0n) is 11.4. The summed E-state index contributed by atoms with van der Waals surface area (Å²) in [6, 6.07) is 7.58. The highest BCUT2D eigenvalue weighted by Gasteiger charge is 2.44. The highest BCUT2D eigenvalue weighted by Crippen LogP contribution is 2.38. The largest absolute Gasteiger partial charge is 0.316 e. The lowest BCUT2D eigenvalue weighted by atomic mass is 9.73. The van der Waals surface area contributed by atoms with Gasteiger partial charge in [-0.1, -0.05) is 11.6 Å². The highest BCUT2D eigenvalue weighted by molar-refractivity contribution is 6.30. The predicted octanol–water partition coefficient (Wildman–Crippen LogP) is 3.26. The lowest BCUT2D eigenvalue weighted by Gasteiger charge is -2.44. The topological polar surface area (TPSA) is 32.3 Å². The van der Waals surface area contributed by atoms with Crippen LogP contribution in [0.3, 0.4) is 0 Å². The number of halogens is 2. The number of nitrogens with zero attached hydrogens (tertiary/aromatic N) is 1. The number of rotatable bonds is 1. The molecule has 0 aliphatic carbocycles. The second-order valence-electron chi connectivity index (χ2n) is 5.60. The Hall–Kier alpha value is -0.770. The van der Waals surface area contributed by atoms with Crippen LogP contribution in [0.15, 0.2) is 24.3 Å². The quantitative estimate of drug-likeness (QED) is 0.863. The van der Waals surface area contributed by atoms with E-state index in [9.17, 15) is 4.79 Å². The van der Waals surface area contributed by atoms with E-state index < -0.39 is 0 Å². The van der Waals surface area contributed by atoms with Gasteiger partial charge >= 0.3 is 0 Å². The number of hydrogen-bond donors (Lipinski definition) is 1. The van der Waals surface area contributed by atoms with E-state index in [4.69, 9.17) is 11.6 Å². The minimum atomic E-state index is -0.170. The Kier molecular flexibility index (Phi) is 4.95. The number of carbonyl (C=O) groups excluding carboxylic acids is 1. The molecule has 1 aromatic carbocycles. The number of amides is 1. The molecular weight excluding hydrogens is 295 g/mol. The SMILES string of the molecule is Cl.O=C1N(c2ccc(Cl)cc2)CCCC12CCCNC2. The van der Waals surface area contributed by atoms with E-state index in [0.717, 1.165) is 51.0 Å². The van der Waals surface area contributed by atoms with Gasteiger partial charge in [-0.05, 0) is 56.5 Å². The van der Waals surface area contributed by atoms with Gasteiger partial charge in [0.1, 0.15) is 0 Å².